The first-order valence-electron chi connectivity index (χ1n) is 5.50. The van der Waals surface area contributed by atoms with Crippen LogP contribution in [0.25, 0.3) is 10.2 Å². The third-order valence-corrected chi connectivity index (χ3v) is 3.41. The smallest absolute Gasteiger partial charge is 0.279 e. The molecule has 2 aromatic carbocycles. The molecule has 0 amide bonds. The number of nitro benzene ring substituents is 1. The molecule has 19 heavy (non-hydrogen) atoms. The van der Waals surface area contributed by atoms with Gasteiger partial charge < -0.3 is 4.74 Å². The van der Waals surface area contributed by atoms with Gasteiger partial charge in [0.1, 0.15) is 5.75 Å². The molecule has 0 N–H and O–H groups in total. The van der Waals surface area contributed by atoms with Gasteiger partial charge in [-0.3, -0.25) is 10.1 Å². The van der Waals surface area contributed by atoms with E-state index in [0.717, 1.165) is 4.70 Å². The Morgan fingerprint density at radius 1 is 1.16 bits per heavy atom. The molecule has 1 heterocycles. The summed E-state index contributed by atoms with van der Waals surface area (Å²) in [4.78, 5) is 14.6. The molecule has 0 fully saturated rings. The molecule has 0 saturated heterocycles. The van der Waals surface area contributed by atoms with Crippen LogP contribution < -0.4 is 4.74 Å². The number of ether oxygens (including phenoxy) is 1. The molecule has 3 rings (SSSR count). The number of nitro groups is 1. The van der Waals surface area contributed by atoms with E-state index in [4.69, 9.17) is 4.74 Å². The highest BCUT2D eigenvalue weighted by Gasteiger charge is 2.11. The summed E-state index contributed by atoms with van der Waals surface area (Å²) < 4.78 is 6.34. The van der Waals surface area contributed by atoms with Crippen LogP contribution >= 0.6 is 11.3 Å². The third kappa shape index (κ3) is 2.38. The second-order valence-electron chi connectivity index (χ2n) is 3.80. The van der Waals surface area contributed by atoms with Gasteiger partial charge in [-0.2, -0.15) is 0 Å². The monoisotopic (exact) mass is 272 g/mol. The number of non-ortho nitro benzene ring substituents is 1. The van der Waals surface area contributed by atoms with E-state index in [1.54, 1.807) is 6.07 Å². The highest BCUT2D eigenvalue weighted by atomic mass is 32.1. The Kier molecular flexibility index (Phi) is 2.85. The minimum absolute atomic E-state index is 0.0578. The summed E-state index contributed by atoms with van der Waals surface area (Å²) in [5.41, 5.74) is 0.754. The van der Waals surface area contributed by atoms with Crippen LogP contribution in [0.5, 0.6) is 10.9 Å². The van der Waals surface area contributed by atoms with Crippen molar-refractivity contribution in [3.05, 3.63) is 58.6 Å². The van der Waals surface area contributed by atoms with Gasteiger partial charge in [-0.05, 0) is 18.2 Å². The molecule has 0 aliphatic rings. The number of aromatic nitrogens is 1. The van der Waals surface area contributed by atoms with E-state index in [9.17, 15) is 10.1 Å². The Hall–Kier alpha value is -2.47. The van der Waals surface area contributed by atoms with E-state index in [2.05, 4.69) is 4.98 Å². The van der Waals surface area contributed by atoms with E-state index in [1.165, 1.54) is 23.5 Å². The highest BCUT2D eigenvalue weighted by molar-refractivity contribution is 7.20. The summed E-state index contributed by atoms with van der Waals surface area (Å²) in [6, 6.07) is 13.9. The first-order chi connectivity index (χ1) is 9.22. The number of para-hydroxylation sites is 1. The van der Waals surface area contributed by atoms with Crippen LogP contribution in [-0.2, 0) is 0 Å². The molecule has 3 aromatic rings. The largest absolute Gasteiger partial charge is 0.431 e. The zero-order valence-electron chi connectivity index (χ0n) is 9.65. The standard InChI is InChI=1S/C13H8N2O3S/c16-15(17)9-6-7-11-12(8-9)19-13(14-11)18-10-4-2-1-3-5-10/h1-8H. The van der Waals surface area contributed by atoms with Crippen LogP contribution in [0, 0.1) is 10.1 Å². The van der Waals surface area contributed by atoms with Gasteiger partial charge in [0.25, 0.3) is 10.9 Å². The minimum atomic E-state index is -0.420. The maximum atomic E-state index is 10.7. The number of thiazole rings is 1. The van der Waals surface area contributed by atoms with Gasteiger partial charge in [-0.1, -0.05) is 29.5 Å². The van der Waals surface area contributed by atoms with Crippen LogP contribution in [-0.4, -0.2) is 9.91 Å². The first kappa shape index (κ1) is 11.6. The number of benzene rings is 2. The quantitative estimate of drug-likeness (QED) is 0.534. The Morgan fingerprint density at radius 2 is 1.95 bits per heavy atom. The van der Waals surface area contributed by atoms with Crippen molar-refractivity contribution in [1.82, 2.24) is 4.98 Å². The zero-order valence-corrected chi connectivity index (χ0v) is 10.5. The van der Waals surface area contributed by atoms with Crippen molar-refractivity contribution in [1.29, 1.82) is 0 Å². The van der Waals surface area contributed by atoms with Gasteiger partial charge in [0, 0.05) is 12.1 Å². The van der Waals surface area contributed by atoms with Crippen LogP contribution in [0.15, 0.2) is 48.5 Å². The molecule has 0 bridgehead atoms. The molecule has 0 aliphatic heterocycles. The Balaban J connectivity index is 1.95. The topological polar surface area (TPSA) is 65.3 Å². The highest BCUT2D eigenvalue weighted by Crippen LogP contribution is 2.33. The number of hydrogen-bond donors (Lipinski definition) is 0. The van der Waals surface area contributed by atoms with Gasteiger partial charge in [-0.15, -0.1) is 0 Å². The normalized spacial score (nSPS) is 10.5. The average molecular weight is 272 g/mol. The fourth-order valence-electron chi connectivity index (χ4n) is 1.64. The van der Waals surface area contributed by atoms with Crippen LogP contribution in [0.3, 0.4) is 0 Å². The zero-order chi connectivity index (χ0) is 13.2. The molecular formula is C13H8N2O3S. The predicted octanol–water partition coefficient (Wildman–Crippen LogP) is 4.00. The molecule has 5 nitrogen and oxygen atoms in total. The summed E-state index contributed by atoms with van der Waals surface area (Å²) in [5.74, 6) is 0.691. The molecule has 0 saturated carbocycles. The van der Waals surface area contributed by atoms with Crippen molar-refractivity contribution in [3.8, 4) is 10.9 Å². The van der Waals surface area contributed by atoms with Crippen LogP contribution in [0.4, 0.5) is 5.69 Å². The molecule has 0 unspecified atom stereocenters. The first-order valence-corrected chi connectivity index (χ1v) is 6.32. The van der Waals surface area contributed by atoms with Gasteiger partial charge in [0.2, 0.25) is 0 Å². The van der Waals surface area contributed by atoms with Crippen molar-refractivity contribution in [3.63, 3.8) is 0 Å². The van der Waals surface area contributed by atoms with E-state index in [-0.39, 0.29) is 5.69 Å². The number of rotatable bonds is 3. The summed E-state index contributed by atoms with van der Waals surface area (Å²) in [5, 5.41) is 11.2. The SMILES string of the molecule is O=[N+]([O-])c1ccc2nc(Oc3ccccc3)sc2c1. The minimum Gasteiger partial charge on any atom is -0.431 e. The Labute approximate surface area is 112 Å². The second-order valence-corrected chi connectivity index (χ2v) is 4.80. The van der Waals surface area contributed by atoms with E-state index < -0.39 is 4.92 Å². The molecule has 94 valence electrons. The van der Waals surface area contributed by atoms with Crippen molar-refractivity contribution in [2.45, 2.75) is 0 Å². The predicted molar refractivity (Wildman–Crippen MR) is 72.8 cm³/mol. The lowest BCUT2D eigenvalue weighted by atomic mass is 10.3. The maximum absolute atomic E-state index is 10.7. The lowest BCUT2D eigenvalue weighted by molar-refractivity contribution is -0.384. The van der Waals surface area contributed by atoms with E-state index in [0.29, 0.717) is 16.5 Å². The average Bonchev–Trinajstić information content (AvgIpc) is 2.80. The third-order valence-electron chi connectivity index (χ3n) is 2.51. The van der Waals surface area contributed by atoms with Gasteiger partial charge in [-0.25, -0.2) is 4.98 Å². The molecule has 1 aromatic heterocycles. The fourth-order valence-corrected chi connectivity index (χ4v) is 2.51. The molecule has 0 radical (unpaired) electrons. The second kappa shape index (κ2) is 4.66. The van der Waals surface area contributed by atoms with Crippen molar-refractivity contribution in [2.75, 3.05) is 0 Å². The van der Waals surface area contributed by atoms with Gasteiger partial charge in [0.05, 0.1) is 15.1 Å². The lowest BCUT2D eigenvalue weighted by Gasteiger charge is -1.98. The summed E-state index contributed by atoms with van der Waals surface area (Å²) >= 11 is 1.29. The number of fused-ring (bicyclic) bond motifs is 1. The van der Waals surface area contributed by atoms with E-state index >= 15 is 0 Å². The summed E-state index contributed by atoms with van der Waals surface area (Å²) in [6.07, 6.45) is 0. The fraction of sp³-hybridized carbons (Fsp3) is 0. The van der Waals surface area contributed by atoms with Gasteiger partial charge >= 0.3 is 0 Å². The molecule has 0 aliphatic carbocycles. The van der Waals surface area contributed by atoms with Crippen LogP contribution in [0.1, 0.15) is 0 Å². The Bertz CT molecular complexity index is 740. The summed E-state index contributed by atoms with van der Waals surface area (Å²) in [7, 11) is 0. The summed E-state index contributed by atoms with van der Waals surface area (Å²) in [6.45, 7) is 0. The van der Waals surface area contributed by atoms with Crippen molar-refractivity contribution >= 4 is 27.2 Å². The van der Waals surface area contributed by atoms with Crippen LogP contribution in [0.2, 0.25) is 0 Å². The van der Waals surface area contributed by atoms with Crippen molar-refractivity contribution < 1.29 is 9.66 Å². The van der Waals surface area contributed by atoms with Crippen molar-refractivity contribution in [2.24, 2.45) is 0 Å². The van der Waals surface area contributed by atoms with Gasteiger partial charge in [0.15, 0.2) is 0 Å². The Morgan fingerprint density at radius 3 is 2.68 bits per heavy atom. The molecule has 0 atom stereocenters. The molecule has 0 spiro atoms. The molecule has 6 heteroatoms. The van der Waals surface area contributed by atoms with E-state index in [1.807, 2.05) is 30.3 Å². The number of hydrogen-bond acceptors (Lipinski definition) is 5. The molecular weight excluding hydrogens is 264 g/mol. The lowest BCUT2D eigenvalue weighted by Crippen LogP contribution is -1.85. The maximum Gasteiger partial charge on any atom is 0.279 e. The number of nitrogens with zero attached hydrogens (tertiary/aromatic N) is 2.